The molecular formula is C29H30N2O3. The molecule has 3 aromatic rings. The standard InChI is InChI=1S/C29H30N2O3/c1-18-9-8-10-20(15-18)25-24(26(32)23-16-21(29(3,4)5)13-12-19(23)2)27(33)28(34)31(25)17-22-11-6-7-14-30-22/h6-16,25,32H,17H2,1-5H3/b26-24+. The number of carbonyl (C=O) groups excluding carboxylic acids is 2. The summed E-state index contributed by atoms with van der Waals surface area (Å²) in [6.07, 6.45) is 1.66. The summed E-state index contributed by atoms with van der Waals surface area (Å²) < 4.78 is 0. The lowest BCUT2D eigenvalue weighted by atomic mass is 9.84. The molecule has 1 amide bonds. The summed E-state index contributed by atoms with van der Waals surface area (Å²) in [4.78, 5) is 32.4. The monoisotopic (exact) mass is 454 g/mol. The minimum Gasteiger partial charge on any atom is -0.507 e. The third-order valence-corrected chi connectivity index (χ3v) is 6.32. The van der Waals surface area contributed by atoms with Crippen molar-refractivity contribution in [1.82, 2.24) is 9.88 Å². The molecule has 2 aromatic carbocycles. The molecule has 1 N–H and O–H groups in total. The molecule has 0 saturated carbocycles. The average Bonchev–Trinajstić information content (AvgIpc) is 3.04. The fraction of sp³-hybridized carbons (Fsp3) is 0.276. The van der Waals surface area contributed by atoms with Gasteiger partial charge in [0.25, 0.3) is 11.7 Å². The summed E-state index contributed by atoms with van der Waals surface area (Å²) in [5.41, 5.74) is 4.88. The normalized spacial score (nSPS) is 17.9. The molecule has 1 unspecified atom stereocenters. The summed E-state index contributed by atoms with van der Waals surface area (Å²) in [5, 5.41) is 11.5. The van der Waals surface area contributed by atoms with E-state index in [2.05, 4.69) is 25.8 Å². The molecule has 4 rings (SSSR count). The number of aromatic nitrogens is 1. The van der Waals surface area contributed by atoms with Crippen molar-refractivity contribution >= 4 is 17.4 Å². The van der Waals surface area contributed by atoms with Gasteiger partial charge in [-0.1, -0.05) is 68.8 Å². The molecule has 0 aliphatic carbocycles. The Morgan fingerprint density at radius 3 is 2.41 bits per heavy atom. The zero-order valence-electron chi connectivity index (χ0n) is 20.3. The van der Waals surface area contributed by atoms with Gasteiger partial charge in [-0.3, -0.25) is 14.6 Å². The van der Waals surface area contributed by atoms with Crippen LogP contribution in [0.3, 0.4) is 0 Å². The van der Waals surface area contributed by atoms with Crippen molar-refractivity contribution in [2.24, 2.45) is 0 Å². The zero-order chi connectivity index (χ0) is 24.6. The number of aryl methyl sites for hydroxylation is 2. The van der Waals surface area contributed by atoms with Gasteiger partial charge in [0.15, 0.2) is 0 Å². The van der Waals surface area contributed by atoms with Gasteiger partial charge in [-0.2, -0.15) is 0 Å². The van der Waals surface area contributed by atoms with Crippen LogP contribution in [0.1, 0.15) is 60.3 Å². The molecule has 174 valence electrons. The Morgan fingerprint density at radius 2 is 1.76 bits per heavy atom. The predicted octanol–water partition coefficient (Wildman–Crippen LogP) is 5.62. The number of nitrogens with zero attached hydrogens (tertiary/aromatic N) is 2. The third-order valence-electron chi connectivity index (χ3n) is 6.32. The second-order valence-corrected chi connectivity index (χ2v) is 9.94. The Kier molecular flexibility index (Phi) is 6.13. The average molecular weight is 455 g/mol. The van der Waals surface area contributed by atoms with Gasteiger partial charge < -0.3 is 10.0 Å². The maximum absolute atomic E-state index is 13.4. The van der Waals surface area contributed by atoms with Gasteiger partial charge in [0.1, 0.15) is 5.76 Å². The number of benzene rings is 2. The van der Waals surface area contributed by atoms with Gasteiger partial charge in [-0.25, -0.2) is 0 Å². The van der Waals surface area contributed by atoms with Crippen LogP contribution in [0, 0.1) is 13.8 Å². The van der Waals surface area contributed by atoms with E-state index in [1.54, 1.807) is 12.3 Å². The van der Waals surface area contributed by atoms with Crippen molar-refractivity contribution in [1.29, 1.82) is 0 Å². The lowest BCUT2D eigenvalue weighted by Crippen LogP contribution is -2.29. The lowest BCUT2D eigenvalue weighted by molar-refractivity contribution is -0.140. The van der Waals surface area contributed by atoms with E-state index < -0.39 is 17.7 Å². The van der Waals surface area contributed by atoms with E-state index in [0.717, 1.165) is 22.3 Å². The van der Waals surface area contributed by atoms with E-state index in [-0.39, 0.29) is 23.3 Å². The first-order valence-electron chi connectivity index (χ1n) is 11.4. The van der Waals surface area contributed by atoms with E-state index in [0.29, 0.717) is 11.3 Å². The number of likely N-dealkylation sites (tertiary alicyclic amines) is 1. The number of rotatable bonds is 4. The molecule has 1 aromatic heterocycles. The number of carbonyl (C=O) groups is 2. The highest BCUT2D eigenvalue weighted by Crippen LogP contribution is 2.41. The highest BCUT2D eigenvalue weighted by atomic mass is 16.3. The van der Waals surface area contributed by atoms with Gasteiger partial charge in [0, 0.05) is 11.8 Å². The highest BCUT2D eigenvalue weighted by Gasteiger charge is 2.46. The van der Waals surface area contributed by atoms with Gasteiger partial charge in [0.05, 0.1) is 23.9 Å². The molecular weight excluding hydrogens is 424 g/mol. The summed E-state index contributed by atoms with van der Waals surface area (Å²) in [6, 6.07) is 18.4. The molecule has 5 heteroatoms. The van der Waals surface area contributed by atoms with E-state index in [9.17, 15) is 14.7 Å². The largest absolute Gasteiger partial charge is 0.507 e. The van der Waals surface area contributed by atoms with Gasteiger partial charge in [-0.05, 0) is 54.2 Å². The minimum atomic E-state index is -0.709. The van der Waals surface area contributed by atoms with Crippen LogP contribution in [0.5, 0.6) is 0 Å². The number of hydrogen-bond donors (Lipinski definition) is 1. The Hall–Kier alpha value is -3.73. The number of aliphatic hydroxyl groups excluding tert-OH is 1. The van der Waals surface area contributed by atoms with Crippen molar-refractivity contribution in [3.63, 3.8) is 0 Å². The van der Waals surface area contributed by atoms with E-state index >= 15 is 0 Å². The first kappa shape index (κ1) is 23.4. The van der Waals surface area contributed by atoms with E-state index in [1.165, 1.54) is 4.90 Å². The number of pyridine rings is 1. The Labute approximate surface area is 200 Å². The Balaban J connectivity index is 1.92. The molecule has 1 saturated heterocycles. The lowest BCUT2D eigenvalue weighted by Gasteiger charge is -2.26. The summed E-state index contributed by atoms with van der Waals surface area (Å²) >= 11 is 0. The Bertz CT molecular complexity index is 1290. The molecule has 2 heterocycles. The topological polar surface area (TPSA) is 70.5 Å². The third kappa shape index (κ3) is 4.38. The van der Waals surface area contributed by atoms with E-state index in [4.69, 9.17) is 0 Å². The van der Waals surface area contributed by atoms with Crippen molar-refractivity contribution < 1.29 is 14.7 Å². The molecule has 1 aliphatic heterocycles. The highest BCUT2D eigenvalue weighted by molar-refractivity contribution is 6.46. The van der Waals surface area contributed by atoms with Crippen LogP contribution < -0.4 is 0 Å². The molecule has 0 radical (unpaired) electrons. The second kappa shape index (κ2) is 8.90. The molecule has 5 nitrogen and oxygen atoms in total. The van der Waals surface area contributed by atoms with Crippen LogP contribution in [0.4, 0.5) is 0 Å². The number of ketones is 1. The fourth-order valence-electron chi connectivity index (χ4n) is 4.38. The van der Waals surface area contributed by atoms with Crippen LogP contribution in [-0.2, 0) is 21.5 Å². The smallest absolute Gasteiger partial charge is 0.296 e. The molecule has 1 fully saturated rings. The van der Waals surface area contributed by atoms with Gasteiger partial charge in [-0.15, -0.1) is 0 Å². The number of amides is 1. The Morgan fingerprint density at radius 1 is 1.00 bits per heavy atom. The summed E-state index contributed by atoms with van der Waals surface area (Å²) in [5.74, 6) is -1.46. The maximum atomic E-state index is 13.4. The summed E-state index contributed by atoms with van der Waals surface area (Å²) in [6.45, 7) is 10.3. The molecule has 34 heavy (non-hydrogen) atoms. The number of Topliss-reactive ketones (excluding diaryl/α,β-unsaturated/α-hetero) is 1. The fourth-order valence-corrected chi connectivity index (χ4v) is 4.38. The van der Waals surface area contributed by atoms with Crippen LogP contribution >= 0.6 is 0 Å². The molecule has 1 aliphatic rings. The van der Waals surface area contributed by atoms with Crippen LogP contribution in [0.2, 0.25) is 0 Å². The SMILES string of the molecule is Cc1cccc(C2/C(=C(\O)c3cc(C(C)(C)C)ccc3C)C(=O)C(=O)N2Cc2ccccn2)c1. The van der Waals surface area contributed by atoms with Crippen molar-refractivity contribution in [3.05, 3.63) is 106 Å². The number of aliphatic hydroxyl groups is 1. The first-order valence-corrected chi connectivity index (χ1v) is 11.4. The maximum Gasteiger partial charge on any atom is 0.296 e. The predicted molar refractivity (Wildman–Crippen MR) is 133 cm³/mol. The van der Waals surface area contributed by atoms with E-state index in [1.807, 2.05) is 68.4 Å². The molecule has 0 spiro atoms. The second-order valence-electron chi connectivity index (χ2n) is 9.94. The van der Waals surface area contributed by atoms with Crippen LogP contribution in [0.15, 0.2) is 72.4 Å². The van der Waals surface area contributed by atoms with Gasteiger partial charge >= 0.3 is 0 Å². The minimum absolute atomic E-state index is 0.112. The van der Waals surface area contributed by atoms with Crippen molar-refractivity contribution in [2.75, 3.05) is 0 Å². The first-order chi connectivity index (χ1) is 16.1. The summed E-state index contributed by atoms with van der Waals surface area (Å²) in [7, 11) is 0. The van der Waals surface area contributed by atoms with Crippen molar-refractivity contribution in [3.8, 4) is 0 Å². The zero-order valence-corrected chi connectivity index (χ0v) is 20.3. The van der Waals surface area contributed by atoms with Crippen LogP contribution in [0.25, 0.3) is 5.76 Å². The molecule has 1 atom stereocenters. The van der Waals surface area contributed by atoms with Crippen molar-refractivity contribution in [2.45, 2.75) is 52.6 Å². The quantitative estimate of drug-likeness (QED) is 0.316. The number of hydrogen-bond acceptors (Lipinski definition) is 4. The van der Waals surface area contributed by atoms with Crippen LogP contribution in [-0.4, -0.2) is 26.7 Å². The molecule has 0 bridgehead atoms. The van der Waals surface area contributed by atoms with Gasteiger partial charge in [0.2, 0.25) is 0 Å².